The predicted molar refractivity (Wildman–Crippen MR) is 67.1 cm³/mol. The Kier molecular flexibility index (Phi) is 5.97. The lowest BCUT2D eigenvalue weighted by atomic mass is 10.2. The standard InChI is InChI=1S/C11H24N4/c1-8(2)15(9(3)4)14-11(6)7-10(5)13-12/h8-9H,7,12H2,1-6H3/b13-10-,14-11+. The van der Waals surface area contributed by atoms with E-state index in [1.807, 2.05) is 13.8 Å². The minimum atomic E-state index is 0.412. The van der Waals surface area contributed by atoms with Gasteiger partial charge in [0.1, 0.15) is 0 Å². The van der Waals surface area contributed by atoms with Crippen molar-refractivity contribution in [3.63, 3.8) is 0 Å². The Bertz CT molecular complexity index is 233. The molecule has 0 aliphatic heterocycles. The second-order valence-electron chi connectivity index (χ2n) is 4.44. The van der Waals surface area contributed by atoms with Crippen LogP contribution in [-0.2, 0) is 0 Å². The molecule has 0 aromatic heterocycles. The van der Waals surface area contributed by atoms with Crippen molar-refractivity contribution in [2.24, 2.45) is 16.0 Å². The van der Waals surface area contributed by atoms with Crippen LogP contribution in [0.15, 0.2) is 10.2 Å². The Balaban J connectivity index is 4.54. The van der Waals surface area contributed by atoms with Crippen LogP contribution in [0.5, 0.6) is 0 Å². The van der Waals surface area contributed by atoms with E-state index in [2.05, 4.69) is 42.9 Å². The van der Waals surface area contributed by atoms with Crippen LogP contribution in [0.4, 0.5) is 0 Å². The summed E-state index contributed by atoms with van der Waals surface area (Å²) in [6.07, 6.45) is 0.742. The molecule has 15 heavy (non-hydrogen) atoms. The molecule has 0 rings (SSSR count). The van der Waals surface area contributed by atoms with Gasteiger partial charge in [-0.1, -0.05) is 0 Å². The summed E-state index contributed by atoms with van der Waals surface area (Å²) in [5.41, 5.74) is 1.95. The Morgan fingerprint density at radius 1 is 1.07 bits per heavy atom. The summed E-state index contributed by atoms with van der Waals surface area (Å²) in [6, 6.07) is 0.824. The van der Waals surface area contributed by atoms with E-state index in [-0.39, 0.29) is 0 Å². The fourth-order valence-electron chi connectivity index (χ4n) is 1.48. The van der Waals surface area contributed by atoms with E-state index in [1.165, 1.54) is 0 Å². The van der Waals surface area contributed by atoms with Crippen LogP contribution < -0.4 is 5.84 Å². The van der Waals surface area contributed by atoms with Crippen molar-refractivity contribution in [1.29, 1.82) is 0 Å². The molecule has 0 aromatic carbocycles. The van der Waals surface area contributed by atoms with Crippen molar-refractivity contribution >= 4 is 11.4 Å². The highest BCUT2D eigenvalue weighted by atomic mass is 15.5. The first kappa shape index (κ1) is 13.9. The summed E-state index contributed by atoms with van der Waals surface area (Å²) in [5, 5.41) is 10.3. The highest BCUT2D eigenvalue weighted by Crippen LogP contribution is 2.06. The van der Waals surface area contributed by atoms with Gasteiger partial charge in [-0.2, -0.15) is 10.2 Å². The van der Waals surface area contributed by atoms with Gasteiger partial charge in [0.2, 0.25) is 0 Å². The monoisotopic (exact) mass is 212 g/mol. The van der Waals surface area contributed by atoms with Gasteiger partial charge < -0.3 is 5.84 Å². The van der Waals surface area contributed by atoms with E-state index < -0.39 is 0 Å². The zero-order valence-electron chi connectivity index (χ0n) is 10.8. The van der Waals surface area contributed by atoms with Gasteiger partial charge in [-0.3, -0.25) is 5.01 Å². The lowest BCUT2D eigenvalue weighted by Gasteiger charge is -2.28. The quantitative estimate of drug-likeness (QED) is 0.431. The SMILES string of the molecule is C/C(C/C(C)=N/N(C(C)C)C(C)C)=N/N. The second-order valence-corrected chi connectivity index (χ2v) is 4.44. The summed E-state index contributed by atoms with van der Waals surface area (Å²) in [5.74, 6) is 5.19. The summed E-state index contributed by atoms with van der Waals surface area (Å²) < 4.78 is 0. The summed E-state index contributed by atoms with van der Waals surface area (Å²) >= 11 is 0. The fraction of sp³-hybridized carbons (Fsp3) is 0.818. The van der Waals surface area contributed by atoms with Crippen LogP contribution in [0.25, 0.3) is 0 Å². The number of hydrogen-bond acceptors (Lipinski definition) is 4. The molecular weight excluding hydrogens is 188 g/mol. The largest absolute Gasteiger partial charge is 0.323 e. The molecule has 2 N–H and O–H groups in total. The smallest absolute Gasteiger partial charge is 0.0417 e. The molecule has 0 aliphatic rings. The van der Waals surface area contributed by atoms with E-state index in [0.29, 0.717) is 12.1 Å². The number of nitrogens with two attached hydrogens (primary N) is 1. The van der Waals surface area contributed by atoms with Gasteiger partial charge in [0.25, 0.3) is 0 Å². The van der Waals surface area contributed by atoms with Crippen LogP contribution in [-0.4, -0.2) is 28.5 Å². The van der Waals surface area contributed by atoms with Gasteiger partial charge in [0.05, 0.1) is 0 Å². The van der Waals surface area contributed by atoms with Crippen LogP contribution in [0.2, 0.25) is 0 Å². The molecule has 0 saturated carbocycles. The van der Waals surface area contributed by atoms with E-state index in [4.69, 9.17) is 5.84 Å². The van der Waals surface area contributed by atoms with E-state index >= 15 is 0 Å². The number of hydrogen-bond donors (Lipinski definition) is 1. The summed E-state index contributed by atoms with van der Waals surface area (Å²) in [6.45, 7) is 12.5. The number of hydrazone groups is 2. The van der Waals surface area contributed by atoms with Crippen LogP contribution >= 0.6 is 0 Å². The minimum absolute atomic E-state index is 0.412. The molecule has 0 saturated heterocycles. The van der Waals surface area contributed by atoms with E-state index in [1.54, 1.807) is 0 Å². The maximum atomic E-state index is 5.19. The van der Waals surface area contributed by atoms with Crippen molar-refractivity contribution in [3.8, 4) is 0 Å². The maximum absolute atomic E-state index is 5.19. The Hall–Kier alpha value is -1.06. The Labute approximate surface area is 93.2 Å². The zero-order valence-corrected chi connectivity index (χ0v) is 10.8. The van der Waals surface area contributed by atoms with Crippen LogP contribution in [0.1, 0.15) is 48.0 Å². The van der Waals surface area contributed by atoms with Crippen molar-refractivity contribution in [1.82, 2.24) is 5.01 Å². The average Bonchev–Trinajstić information content (AvgIpc) is 2.12. The molecule has 0 amide bonds. The maximum Gasteiger partial charge on any atom is 0.0417 e. The number of rotatable bonds is 5. The van der Waals surface area contributed by atoms with Gasteiger partial charge in [0.15, 0.2) is 0 Å². The molecule has 0 fully saturated rings. The molecular formula is C11H24N4. The normalized spacial score (nSPS) is 13.9. The molecule has 0 atom stereocenters. The average molecular weight is 212 g/mol. The molecule has 0 bridgehead atoms. The molecule has 0 radical (unpaired) electrons. The van der Waals surface area contributed by atoms with Gasteiger partial charge in [-0.25, -0.2) is 0 Å². The highest BCUT2D eigenvalue weighted by Gasteiger charge is 2.10. The van der Waals surface area contributed by atoms with Gasteiger partial charge in [-0.05, 0) is 41.5 Å². The predicted octanol–water partition coefficient (Wildman–Crippen LogP) is 2.21. The van der Waals surface area contributed by atoms with Crippen molar-refractivity contribution in [2.45, 2.75) is 60.0 Å². The van der Waals surface area contributed by atoms with Crippen molar-refractivity contribution in [2.75, 3.05) is 0 Å². The molecule has 0 aliphatic carbocycles. The van der Waals surface area contributed by atoms with Gasteiger partial charge >= 0.3 is 0 Å². The van der Waals surface area contributed by atoms with Gasteiger partial charge in [0, 0.05) is 29.9 Å². The highest BCUT2D eigenvalue weighted by molar-refractivity contribution is 6.02. The summed E-state index contributed by atoms with van der Waals surface area (Å²) in [7, 11) is 0. The molecule has 4 heteroatoms. The molecule has 0 unspecified atom stereocenters. The lowest BCUT2D eigenvalue weighted by molar-refractivity contribution is 0.183. The summed E-state index contributed by atoms with van der Waals surface area (Å²) in [4.78, 5) is 0. The van der Waals surface area contributed by atoms with Crippen molar-refractivity contribution < 1.29 is 0 Å². The first-order valence-corrected chi connectivity index (χ1v) is 5.44. The fourth-order valence-corrected chi connectivity index (χ4v) is 1.48. The van der Waals surface area contributed by atoms with E-state index in [9.17, 15) is 0 Å². The first-order valence-electron chi connectivity index (χ1n) is 5.44. The first-order chi connectivity index (χ1) is 6.88. The molecule has 4 nitrogen and oxygen atoms in total. The lowest BCUT2D eigenvalue weighted by Crippen LogP contribution is -2.33. The second kappa shape index (κ2) is 6.43. The third kappa shape index (κ3) is 5.40. The zero-order chi connectivity index (χ0) is 12.0. The third-order valence-electron chi connectivity index (χ3n) is 2.08. The van der Waals surface area contributed by atoms with Gasteiger partial charge in [-0.15, -0.1) is 0 Å². The molecule has 0 heterocycles. The topological polar surface area (TPSA) is 54.0 Å². The molecule has 88 valence electrons. The van der Waals surface area contributed by atoms with Crippen LogP contribution in [0.3, 0.4) is 0 Å². The molecule has 0 spiro atoms. The van der Waals surface area contributed by atoms with Crippen LogP contribution in [0, 0.1) is 0 Å². The van der Waals surface area contributed by atoms with Crippen molar-refractivity contribution in [3.05, 3.63) is 0 Å². The number of nitrogens with zero attached hydrogens (tertiary/aromatic N) is 3. The Morgan fingerprint density at radius 2 is 1.53 bits per heavy atom. The third-order valence-corrected chi connectivity index (χ3v) is 2.08. The van der Waals surface area contributed by atoms with E-state index in [0.717, 1.165) is 17.8 Å². The Morgan fingerprint density at radius 3 is 1.87 bits per heavy atom. The molecule has 0 aromatic rings. The minimum Gasteiger partial charge on any atom is -0.323 e.